The number of hydrogen-bond donors (Lipinski definition) is 1. The fraction of sp³-hybridized carbons (Fsp3) is 0.182. The number of carbonyl (C=O) groups excluding carboxylic acids is 1. The Morgan fingerprint density at radius 1 is 1.38 bits per heavy atom. The predicted molar refractivity (Wildman–Crippen MR) is 57.4 cm³/mol. The van der Waals surface area contributed by atoms with Crippen molar-refractivity contribution in [3.8, 4) is 0 Å². The van der Waals surface area contributed by atoms with E-state index in [0.717, 1.165) is 10.6 Å². The van der Waals surface area contributed by atoms with Crippen molar-refractivity contribution >= 4 is 11.5 Å². The summed E-state index contributed by atoms with van der Waals surface area (Å²) in [6.45, 7) is 1.36. The summed E-state index contributed by atoms with van der Waals surface area (Å²) < 4.78 is 0. The highest BCUT2D eigenvalue weighted by molar-refractivity contribution is 5.81. The van der Waals surface area contributed by atoms with Crippen molar-refractivity contribution in [1.29, 1.82) is 0 Å². The molecule has 1 aromatic rings. The summed E-state index contributed by atoms with van der Waals surface area (Å²) in [6, 6.07) is 9.33. The molecule has 5 nitrogen and oxygen atoms in total. The van der Waals surface area contributed by atoms with Crippen LogP contribution in [0.4, 0.5) is 0 Å². The first-order valence-electron chi connectivity index (χ1n) is 4.84. The maximum atomic E-state index is 11.1. The molecule has 1 aliphatic heterocycles. The molecule has 1 aromatic carbocycles. The summed E-state index contributed by atoms with van der Waals surface area (Å²) in [7, 11) is 0. The van der Waals surface area contributed by atoms with Crippen molar-refractivity contribution < 1.29 is 10.0 Å². The number of hydroxylamine groups is 2. The first kappa shape index (κ1) is 10.5. The second-order valence-corrected chi connectivity index (χ2v) is 3.46. The molecule has 0 spiro atoms. The number of carbonyl (C=O) groups is 1. The Bertz CT molecular complexity index is 454. The molecule has 1 atom stereocenters. The Balaban J connectivity index is 2.26. The van der Waals surface area contributed by atoms with Gasteiger partial charge in [0.25, 0.3) is 0 Å². The molecule has 0 amide bonds. The zero-order chi connectivity index (χ0) is 11.5. The number of hydrogen-bond acceptors (Lipinski definition) is 5. The fourth-order valence-corrected chi connectivity index (χ4v) is 1.40. The highest BCUT2D eigenvalue weighted by Gasteiger charge is 2.22. The van der Waals surface area contributed by atoms with Gasteiger partial charge in [0, 0.05) is 5.56 Å². The summed E-state index contributed by atoms with van der Waals surface area (Å²) in [5.41, 5.74) is 1.37. The standard InChI is InChI=1S/C11H11N3O2/c1-8(15)11-13-12-10(7-14(11)16)9-5-3-2-4-6-9/h2-7,11,16H,1H3. The number of Topliss-reactive ketones (excluding diaryl/α,β-unsaturated/α-hetero) is 1. The minimum Gasteiger partial charge on any atom is -0.295 e. The van der Waals surface area contributed by atoms with E-state index in [9.17, 15) is 10.0 Å². The molecule has 0 radical (unpaired) electrons. The second kappa shape index (κ2) is 4.24. The topological polar surface area (TPSA) is 65.3 Å². The first-order chi connectivity index (χ1) is 7.68. The number of ketones is 1. The number of azo groups is 1. The third-order valence-corrected chi connectivity index (χ3v) is 2.21. The van der Waals surface area contributed by atoms with Gasteiger partial charge in [0.15, 0.2) is 5.78 Å². The molecule has 0 fully saturated rings. The van der Waals surface area contributed by atoms with Crippen LogP contribution in [0.3, 0.4) is 0 Å². The average molecular weight is 217 g/mol. The van der Waals surface area contributed by atoms with Crippen LogP contribution in [0, 0.1) is 0 Å². The van der Waals surface area contributed by atoms with Crippen LogP contribution in [0.25, 0.3) is 5.70 Å². The highest BCUT2D eigenvalue weighted by Crippen LogP contribution is 2.22. The van der Waals surface area contributed by atoms with Gasteiger partial charge in [0.1, 0.15) is 5.70 Å². The van der Waals surface area contributed by atoms with Crippen molar-refractivity contribution in [3.63, 3.8) is 0 Å². The lowest BCUT2D eigenvalue weighted by Gasteiger charge is -2.21. The molecule has 0 aliphatic carbocycles. The van der Waals surface area contributed by atoms with E-state index in [1.807, 2.05) is 30.3 Å². The van der Waals surface area contributed by atoms with E-state index < -0.39 is 6.17 Å². The second-order valence-electron chi connectivity index (χ2n) is 3.46. The largest absolute Gasteiger partial charge is 0.295 e. The Morgan fingerprint density at radius 2 is 2.06 bits per heavy atom. The first-order valence-corrected chi connectivity index (χ1v) is 4.84. The lowest BCUT2D eigenvalue weighted by molar-refractivity contribution is -0.137. The van der Waals surface area contributed by atoms with Crippen LogP contribution in [0.5, 0.6) is 0 Å². The third kappa shape index (κ3) is 1.99. The summed E-state index contributed by atoms with van der Waals surface area (Å²) >= 11 is 0. The van der Waals surface area contributed by atoms with E-state index in [-0.39, 0.29) is 5.78 Å². The molecule has 0 bridgehead atoms. The predicted octanol–water partition coefficient (Wildman–Crippen LogP) is 2.06. The van der Waals surface area contributed by atoms with Gasteiger partial charge in [-0.2, -0.15) is 10.2 Å². The van der Waals surface area contributed by atoms with Gasteiger partial charge in [-0.05, 0) is 6.92 Å². The van der Waals surface area contributed by atoms with Crippen molar-refractivity contribution in [3.05, 3.63) is 42.1 Å². The maximum absolute atomic E-state index is 11.1. The molecule has 0 saturated heterocycles. The quantitative estimate of drug-likeness (QED) is 0.824. The molecule has 0 saturated carbocycles. The lowest BCUT2D eigenvalue weighted by atomic mass is 10.2. The van der Waals surface area contributed by atoms with Crippen LogP contribution >= 0.6 is 0 Å². The van der Waals surface area contributed by atoms with Gasteiger partial charge in [0.05, 0.1) is 6.20 Å². The van der Waals surface area contributed by atoms with Crippen LogP contribution in [0.2, 0.25) is 0 Å². The minimum absolute atomic E-state index is 0.255. The summed E-state index contributed by atoms with van der Waals surface area (Å²) in [4.78, 5) is 11.1. The summed E-state index contributed by atoms with van der Waals surface area (Å²) in [5, 5.41) is 18.0. The number of benzene rings is 1. The number of rotatable bonds is 2. The van der Waals surface area contributed by atoms with E-state index in [2.05, 4.69) is 10.2 Å². The molecular weight excluding hydrogens is 206 g/mol. The Kier molecular flexibility index (Phi) is 2.78. The molecular formula is C11H11N3O2. The summed E-state index contributed by atoms with van der Waals surface area (Å²) in [6.07, 6.45) is 0.474. The van der Waals surface area contributed by atoms with Crippen LogP contribution in [0.15, 0.2) is 46.8 Å². The van der Waals surface area contributed by atoms with E-state index in [4.69, 9.17) is 0 Å². The Hall–Kier alpha value is -2.01. The van der Waals surface area contributed by atoms with Crippen LogP contribution in [0.1, 0.15) is 12.5 Å². The third-order valence-electron chi connectivity index (χ3n) is 2.21. The molecule has 1 N–H and O–H groups in total. The molecule has 1 unspecified atom stereocenters. The van der Waals surface area contributed by atoms with Gasteiger partial charge in [-0.25, -0.2) is 5.06 Å². The monoisotopic (exact) mass is 217 g/mol. The maximum Gasteiger partial charge on any atom is 0.223 e. The number of nitrogens with zero attached hydrogens (tertiary/aromatic N) is 3. The summed E-state index contributed by atoms with van der Waals surface area (Å²) in [5.74, 6) is -0.255. The lowest BCUT2D eigenvalue weighted by Crippen LogP contribution is -2.33. The van der Waals surface area contributed by atoms with Crippen LogP contribution in [-0.2, 0) is 4.79 Å². The van der Waals surface area contributed by atoms with Gasteiger partial charge in [-0.3, -0.25) is 10.0 Å². The fourth-order valence-electron chi connectivity index (χ4n) is 1.40. The molecule has 1 aliphatic rings. The minimum atomic E-state index is -0.924. The van der Waals surface area contributed by atoms with Crippen molar-refractivity contribution in [1.82, 2.24) is 5.06 Å². The van der Waals surface area contributed by atoms with E-state index in [1.165, 1.54) is 13.1 Å². The molecule has 1 heterocycles. The van der Waals surface area contributed by atoms with Crippen LogP contribution < -0.4 is 0 Å². The van der Waals surface area contributed by atoms with E-state index >= 15 is 0 Å². The van der Waals surface area contributed by atoms with Crippen molar-refractivity contribution in [2.45, 2.75) is 13.1 Å². The molecule has 5 heteroatoms. The van der Waals surface area contributed by atoms with Crippen LogP contribution in [-0.4, -0.2) is 22.2 Å². The van der Waals surface area contributed by atoms with E-state index in [0.29, 0.717) is 5.70 Å². The zero-order valence-electron chi connectivity index (χ0n) is 8.74. The molecule has 16 heavy (non-hydrogen) atoms. The molecule has 82 valence electrons. The van der Waals surface area contributed by atoms with Crippen molar-refractivity contribution in [2.75, 3.05) is 0 Å². The molecule has 2 rings (SSSR count). The Labute approximate surface area is 92.7 Å². The molecule has 0 aromatic heterocycles. The Morgan fingerprint density at radius 3 is 2.62 bits per heavy atom. The average Bonchev–Trinajstić information content (AvgIpc) is 2.29. The van der Waals surface area contributed by atoms with Gasteiger partial charge >= 0.3 is 0 Å². The van der Waals surface area contributed by atoms with Gasteiger partial charge in [0.2, 0.25) is 6.17 Å². The zero-order valence-corrected chi connectivity index (χ0v) is 8.74. The van der Waals surface area contributed by atoms with E-state index in [1.54, 1.807) is 0 Å². The van der Waals surface area contributed by atoms with Crippen molar-refractivity contribution in [2.24, 2.45) is 10.2 Å². The van der Waals surface area contributed by atoms with Gasteiger partial charge < -0.3 is 0 Å². The highest BCUT2D eigenvalue weighted by atomic mass is 16.5. The van der Waals surface area contributed by atoms with Gasteiger partial charge in [-0.15, -0.1) is 0 Å². The normalized spacial score (nSPS) is 19.5. The smallest absolute Gasteiger partial charge is 0.223 e. The SMILES string of the molecule is CC(=O)C1N=NC(c2ccccc2)=CN1O. The van der Waals surface area contributed by atoms with Gasteiger partial charge in [-0.1, -0.05) is 30.3 Å².